The van der Waals surface area contributed by atoms with E-state index in [9.17, 15) is 25.2 Å². The summed E-state index contributed by atoms with van der Waals surface area (Å²) in [6.45, 7) is 3.98. The van der Waals surface area contributed by atoms with Crippen molar-refractivity contribution in [1.29, 1.82) is 0 Å². The van der Waals surface area contributed by atoms with Crippen LogP contribution in [0, 0.1) is 0 Å². The molecule has 0 aliphatic rings. The molecule has 0 radical (unpaired) electrons. The maximum atomic E-state index is 12.6. The molecule has 0 unspecified atom stereocenters. The van der Waals surface area contributed by atoms with Crippen molar-refractivity contribution >= 4 is 5.91 Å². The highest BCUT2D eigenvalue weighted by atomic mass is 16.4. The molecule has 0 bridgehead atoms. The fraction of sp³-hybridized carbons (Fsp3) is 0.958. The highest BCUT2D eigenvalue weighted by Crippen LogP contribution is 2.13. The fourth-order valence-electron chi connectivity index (χ4n) is 3.69. The van der Waals surface area contributed by atoms with Gasteiger partial charge in [0.15, 0.2) is 0 Å². The van der Waals surface area contributed by atoms with Crippen molar-refractivity contribution in [3.8, 4) is 0 Å². The van der Waals surface area contributed by atoms with Crippen LogP contribution >= 0.6 is 0 Å². The van der Waals surface area contributed by atoms with E-state index in [-0.39, 0.29) is 12.5 Å². The minimum Gasteiger partial charge on any atom is -0.394 e. The number of carbonyl (C=O) groups is 1. The third-order valence-electron chi connectivity index (χ3n) is 5.86. The molecule has 186 valence electrons. The first-order chi connectivity index (χ1) is 14.9. The lowest BCUT2D eigenvalue weighted by Gasteiger charge is -2.30. The van der Waals surface area contributed by atoms with Gasteiger partial charge in [0.05, 0.1) is 6.61 Å². The van der Waals surface area contributed by atoms with Gasteiger partial charge in [-0.2, -0.15) is 0 Å². The number of amides is 1. The van der Waals surface area contributed by atoms with Crippen LogP contribution in [0.3, 0.4) is 0 Å². The number of aliphatic hydroxyl groups excluding tert-OH is 5. The average Bonchev–Trinajstić information content (AvgIpc) is 2.77. The van der Waals surface area contributed by atoms with E-state index >= 15 is 0 Å². The van der Waals surface area contributed by atoms with Crippen molar-refractivity contribution < 1.29 is 30.3 Å². The summed E-state index contributed by atoms with van der Waals surface area (Å²) in [6, 6.07) is 0. The van der Waals surface area contributed by atoms with E-state index in [4.69, 9.17) is 5.11 Å². The van der Waals surface area contributed by atoms with Gasteiger partial charge in [-0.15, -0.1) is 0 Å². The van der Waals surface area contributed by atoms with E-state index in [0.717, 1.165) is 38.5 Å². The molecule has 1 amide bonds. The third-order valence-corrected chi connectivity index (χ3v) is 5.86. The molecule has 31 heavy (non-hydrogen) atoms. The lowest BCUT2D eigenvalue weighted by Crippen LogP contribution is -2.50. The summed E-state index contributed by atoms with van der Waals surface area (Å²) in [6.07, 6.45) is 8.83. The molecule has 0 saturated carbocycles. The summed E-state index contributed by atoms with van der Waals surface area (Å²) in [5.74, 6) is -0.0622. The molecule has 0 aromatic rings. The fourth-order valence-corrected chi connectivity index (χ4v) is 3.69. The molecule has 0 saturated heterocycles. The molecule has 0 heterocycles. The number of unbranched alkanes of at least 4 members (excludes halogenated alkanes) is 11. The van der Waals surface area contributed by atoms with Gasteiger partial charge in [-0.1, -0.05) is 84.5 Å². The second-order valence-corrected chi connectivity index (χ2v) is 8.78. The molecule has 0 aliphatic heterocycles. The van der Waals surface area contributed by atoms with E-state index in [0.29, 0.717) is 13.0 Å². The number of nitrogens with zero attached hydrogens (tertiary/aromatic N) is 1. The highest BCUT2D eigenvalue weighted by molar-refractivity contribution is 5.76. The van der Waals surface area contributed by atoms with Crippen molar-refractivity contribution in [2.45, 2.75) is 128 Å². The smallest absolute Gasteiger partial charge is 0.222 e. The van der Waals surface area contributed by atoms with Gasteiger partial charge < -0.3 is 30.4 Å². The first-order valence-electron chi connectivity index (χ1n) is 12.5. The van der Waals surface area contributed by atoms with E-state index in [2.05, 4.69) is 13.8 Å². The van der Waals surface area contributed by atoms with E-state index in [1.165, 1.54) is 44.9 Å². The van der Waals surface area contributed by atoms with Gasteiger partial charge in [0.1, 0.15) is 24.4 Å². The van der Waals surface area contributed by atoms with E-state index < -0.39 is 31.0 Å². The molecule has 7 heteroatoms. The molecule has 0 aromatic heterocycles. The normalized spacial score (nSPS) is 15.5. The van der Waals surface area contributed by atoms with Crippen LogP contribution in [0.5, 0.6) is 0 Å². The summed E-state index contributed by atoms with van der Waals surface area (Å²) in [4.78, 5) is 14.2. The highest BCUT2D eigenvalue weighted by Gasteiger charge is 2.31. The van der Waals surface area contributed by atoms with Crippen LogP contribution in [0.25, 0.3) is 0 Å². The molecule has 0 aliphatic carbocycles. The summed E-state index contributed by atoms with van der Waals surface area (Å²) < 4.78 is 0. The zero-order chi connectivity index (χ0) is 23.5. The minimum atomic E-state index is -1.67. The first kappa shape index (κ1) is 30.3. The Morgan fingerprint density at radius 3 is 1.65 bits per heavy atom. The van der Waals surface area contributed by atoms with Gasteiger partial charge in [-0.25, -0.2) is 0 Å². The van der Waals surface area contributed by atoms with Crippen molar-refractivity contribution in [2.75, 3.05) is 19.7 Å². The van der Waals surface area contributed by atoms with Crippen molar-refractivity contribution in [1.82, 2.24) is 4.90 Å². The molecule has 0 spiro atoms. The van der Waals surface area contributed by atoms with Gasteiger partial charge in [0.2, 0.25) is 5.91 Å². The van der Waals surface area contributed by atoms with Gasteiger partial charge in [-0.3, -0.25) is 4.79 Å². The maximum Gasteiger partial charge on any atom is 0.222 e. The van der Waals surface area contributed by atoms with Crippen molar-refractivity contribution in [3.05, 3.63) is 0 Å². The summed E-state index contributed by atoms with van der Waals surface area (Å²) in [5, 5.41) is 48.6. The Bertz CT molecular complexity index is 423. The Morgan fingerprint density at radius 1 is 0.677 bits per heavy atom. The number of hydrogen-bond donors (Lipinski definition) is 5. The predicted octanol–water partition coefficient (Wildman–Crippen LogP) is 2.75. The van der Waals surface area contributed by atoms with Crippen LogP contribution in [0.4, 0.5) is 0 Å². The van der Waals surface area contributed by atoms with Gasteiger partial charge in [-0.05, 0) is 12.8 Å². The largest absolute Gasteiger partial charge is 0.394 e. The molecular weight excluding hydrogens is 398 g/mol. The zero-order valence-electron chi connectivity index (χ0n) is 19.9. The first-order valence-corrected chi connectivity index (χ1v) is 12.5. The quantitative estimate of drug-likeness (QED) is 0.173. The monoisotopic (exact) mass is 447 g/mol. The van der Waals surface area contributed by atoms with Crippen LogP contribution in [0.1, 0.15) is 104 Å². The molecule has 5 N–H and O–H groups in total. The summed E-state index contributed by atoms with van der Waals surface area (Å²) in [5.41, 5.74) is 0. The van der Waals surface area contributed by atoms with Crippen LogP contribution in [-0.2, 0) is 4.79 Å². The van der Waals surface area contributed by atoms with Crippen LogP contribution in [-0.4, -0.2) is 80.5 Å². The number of carbonyl (C=O) groups excluding carboxylic acids is 1. The lowest BCUT2D eigenvalue weighted by atomic mass is 10.0. The predicted molar refractivity (Wildman–Crippen MR) is 124 cm³/mol. The van der Waals surface area contributed by atoms with E-state index in [1.54, 1.807) is 4.90 Å². The van der Waals surface area contributed by atoms with Crippen molar-refractivity contribution in [2.24, 2.45) is 0 Å². The molecule has 0 rings (SSSR count). The zero-order valence-corrected chi connectivity index (χ0v) is 19.9. The van der Waals surface area contributed by atoms with E-state index in [1.807, 2.05) is 0 Å². The van der Waals surface area contributed by atoms with Crippen LogP contribution in [0.15, 0.2) is 0 Å². The van der Waals surface area contributed by atoms with Crippen molar-refractivity contribution in [3.63, 3.8) is 0 Å². The minimum absolute atomic E-state index is 0.0622. The topological polar surface area (TPSA) is 121 Å². The van der Waals surface area contributed by atoms with Gasteiger partial charge in [0.25, 0.3) is 0 Å². The number of rotatable bonds is 21. The molecule has 0 aromatic carbocycles. The summed E-state index contributed by atoms with van der Waals surface area (Å²) >= 11 is 0. The van der Waals surface area contributed by atoms with Gasteiger partial charge in [0, 0.05) is 19.5 Å². The summed E-state index contributed by atoms with van der Waals surface area (Å²) in [7, 11) is 0. The lowest BCUT2D eigenvalue weighted by molar-refractivity contribution is -0.140. The second kappa shape index (κ2) is 19.9. The molecule has 4 atom stereocenters. The Morgan fingerprint density at radius 2 is 1.13 bits per heavy atom. The Labute approximate surface area is 189 Å². The van der Waals surface area contributed by atoms with Crippen LogP contribution < -0.4 is 0 Å². The van der Waals surface area contributed by atoms with Gasteiger partial charge >= 0.3 is 0 Å². The Balaban J connectivity index is 4.43. The molecular formula is C24H49NO6. The standard InChI is InChI=1S/C24H49NO6/c1-3-5-7-8-9-10-11-12-13-15-17-25(22(29)16-14-6-4-2)18-20(27)23(30)24(31)21(28)19-26/h20-21,23-24,26-28,30-31H,3-19H2,1-2H3/t20-,21+,23+,24+/m0/s1. The van der Waals surface area contributed by atoms with Crippen LogP contribution in [0.2, 0.25) is 0 Å². The average molecular weight is 448 g/mol. The number of hydrogen-bond acceptors (Lipinski definition) is 6. The Kier molecular flexibility index (Phi) is 19.4. The third kappa shape index (κ3) is 14.9. The second-order valence-electron chi connectivity index (χ2n) is 8.78. The SMILES string of the molecule is CCCCCCCCCCCCN(C[C@H](O)[C@@H](O)[C@H](O)[C@H](O)CO)C(=O)CCCCC. The number of aliphatic hydroxyl groups is 5. The molecule has 0 fully saturated rings. The Hall–Kier alpha value is -0.730. The molecule has 7 nitrogen and oxygen atoms in total. The maximum absolute atomic E-state index is 12.6.